The van der Waals surface area contributed by atoms with Gasteiger partial charge in [-0.2, -0.15) is 5.26 Å². The van der Waals surface area contributed by atoms with Crippen LogP contribution in [0.4, 0.5) is 0 Å². The molecule has 0 radical (unpaired) electrons. The van der Waals surface area contributed by atoms with Gasteiger partial charge in [-0.25, -0.2) is 0 Å². The molecule has 2 rings (SSSR count). The van der Waals surface area contributed by atoms with Crippen molar-refractivity contribution in [2.75, 3.05) is 6.61 Å². The molecule has 2 aromatic carbocycles. The van der Waals surface area contributed by atoms with Gasteiger partial charge in [0.15, 0.2) is 0 Å². The lowest BCUT2D eigenvalue weighted by Gasteiger charge is -2.10. The molecule has 19 heavy (non-hydrogen) atoms. The van der Waals surface area contributed by atoms with Crippen LogP contribution in [0.5, 0.6) is 5.75 Å². The molecule has 0 aliphatic carbocycles. The van der Waals surface area contributed by atoms with Gasteiger partial charge in [0.2, 0.25) is 0 Å². The first-order valence-electron chi connectivity index (χ1n) is 6.12. The Labute approximate surface area is 118 Å². The van der Waals surface area contributed by atoms with Gasteiger partial charge in [-0.15, -0.1) is 0 Å². The first kappa shape index (κ1) is 13.5. The molecule has 1 atom stereocenters. The predicted octanol–water partition coefficient (Wildman–Crippen LogP) is 4.42. The second-order valence-corrected chi connectivity index (χ2v) is 4.62. The van der Waals surface area contributed by atoms with Gasteiger partial charge in [0.05, 0.1) is 18.6 Å². The van der Waals surface area contributed by atoms with Crippen LogP contribution in [-0.4, -0.2) is 6.61 Å². The molecule has 0 amide bonds. The SMILES string of the molecule is N#CC(CCOc1ccc(Cl)cc1)c1ccccc1. The second-order valence-electron chi connectivity index (χ2n) is 4.18. The average Bonchev–Trinajstić information content (AvgIpc) is 2.46. The summed E-state index contributed by atoms with van der Waals surface area (Å²) < 4.78 is 5.61. The summed E-state index contributed by atoms with van der Waals surface area (Å²) in [5.74, 6) is 0.641. The van der Waals surface area contributed by atoms with E-state index >= 15 is 0 Å². The number of hydrogen-bond acceptors (Lipinski definition) is 2. The third kappa shape index (κ3) is 4.01. The van der Waals surface area contributed by atoms with Gasteiger partial charge in [0.1, 0.15) is 5.75 Å². The van der Waals surface area contributed by atoms with Gasteiger partial charge < -0.3 is 4.74 Å². The summed E-state index contributed by atoms with van der Waals surface area (Å²) in [7, 11) is 0. The van der Waals surface area contributed by atoms with Crippen molar-refractivity contribution in [2.24, 2.45) is 0 Å². The minimum atomic E-state index is -0.131. The van der Waals surface area contributed by atoms with Crippen molar-refractivity contribution in [3.05, 3.63) is 65.2 Å². The topological polar surface area (TPSA) is 33.0 Å². The van der Waals surface area contributed by atoms with Crippen molar-refractivity contribution in [1.29, 1.82) is 5.26 Å². The average molecular weight is 272 g/mol. The summed E-state index contributed by atoms with van der Waals surface area (Å²) in [6, 6.07) is 19.3. The molecule has 3 heteroatoms. The fourth-order valence-electron chi connectivity index (χ4n) is 1.82. The van der Waals surface area contributed by atoms with E-state index in [1.165, 1.54) is 0 Å². The summed E-state index contributed by atoms with van der Waals surface area (Å²) in [5.41, 5.74) is 1.03. The smallest absolute Gasteiger partial charge is 0.119 e. The largest absolute Gasteiger partial charge is 0.494 e. The van der Waals surface area contributed by atoms with E-state index in [4.69, 9.17) is 16.3 Å². The van der Waals surface area contributed by atoms with Crippen LogP contribution in [-0.2, 0) is 0 Å². The second kappa shape index (κ2) is 6.82. The maximum Gasteiger partial charge on any atom is 0.119 e. The normalized spacial score (nSPS) is 11.6. The summed E-state index contributed by atoms with van der Waals surface area (Å²) in [6.07, 6.45) is 0.670. The van der Waals surface area contributed by atoms with Gasteiger partial charge in [0, 0.05) is 11.4 Å². The lowest BCUT2D eigenvalue weighted by atomic mass is 9.98. The number of halogens is 1. The summed E-state index contributed by atoms with van der Waals surface area (Å²) in [6.45, 7) is 0.509. The van der Waals surface area contributed by atoms with E-state index in [0.717, 1.165) is 11.3 Å². The number of nitrogens with zero attached hydrogens (tertiary/aromatic N) is 1. The molecule has 0 heterocycles. The minimum absolute atomic E-state index is 0.131. The Balaban J connectivity index is 1.88. The molecule has 2 nitrogen and oxygen atoms in total. The van der Waals surface area contributed by atoms with Gasteiger partial charge in [0.25, 0.3) is 0 Å². The van der Waals surface area contributed by atoms with E-state index < -0.39 is 0 Å². The fraction of sp³-hybridized carbons (Fsp3) is 0.188. The molecular formula is C16H14ClNO. The summed E-state index contributed by atoms with van der Waals surface area (Å²) in [5, 5.41) is 9.88. The molecule has 0 bridgehead atoms. The Morgan fingerprint density at radius 3 is 2.37 bits per heavy atom. The van der Waals surface area contributed by atoms with Crippen molar-refractivity contribution in [3.8, 4) is 11.8 Å². The van der Waals surface area contributed by atoms with E-state index in [0.29, 0.717) is 18.1 Å². The van der Waals surface area contributed by atoms with E-state index in [2.05, 4.69) is 6.07 Å². The van der Waals surface area contributed by atoms with Crippen LogP contribution in [0.15, 0.2) is 54.6 Å². The van der Waals surface area contributed by atoms with Crippen molar-refractivity contribution in [2.45, 2.75) is 12.3 Å². The fourth-order valence-corrected chi connectivity index (χ4v) is 1.94. The Morgan fingerprint density at radius 2 is 1.74 bits per heavy atom. The van der Waals surface area contributed by atoms with Crippen LogP contribution in [0, 0.1) is 11.3 Å². The lowest BCUT2D eigenvalue weighted by Crippen LogP contribution is -2.04. The highest BCUT2D eigenvalue weighted by atomic mass is 35.5. The minimum Gasteiger partial charge on any atom is -0.494 e. The molecule has 1 unspecified atom stereocenters. The standard InChI is InChI=1S/C16H14ClNO/c17-15-6-8-16(9-7-15)19-11-10-14(12-18)13-4-2-1-3-5-13/h1-9,14H,10-11H2. The van der Waals surface area contributed by atoms with Crippen molar-refractivity contribution < 1.29 is 4.74 Å². The summed E-state index contributed by atoms with van der Waals surface area (Å²) >= 11 is 5.80. The number of hydrogen-bond donors (Lipinski definition) is 0. The number of rotatable bonds is 5. The third-order valence-corrected chi connectivity index (χ3v) is 3.10. The Bertz CT molecular complexity index is 545. The van der Waals surface area contributed by atoms with Gasteiger partial charge in [-0.1, -0.05) is 41.9 Å². The zero-order chi connectivity index (χ0) is 13.5. The highest BCUT2D eigenvalue weighted by molar-refractivity contribution is 6.30. The van der Waals surface area contributed by atoms with E-state index in [-0.39, 0.29) is 5.92 Å². The van der Waals surface area contributed by atoms with Gasteiger partial charge in [-0.3, -0.25) is 0 Å². The zero-order valence-electron chi connectivity index (χ0n) is 10.4. The van der Waals surface area contributed by atoms with E-state index in [1.54, 1.807) is 12.1 Å². The molecule has 0 spiro atoms. The first-order chi connectivity index (χ1) is 9.29. The van der Waals surface area contributed by atoms with E-state index in [1.807, 2.05) is 42.5 Å². The van der Waals surface area contributed by atoms with Crippen LogP contribution < -0.4 is 4.74 Å². The monoisotopic (exact) mass is 271 g/mol. The van der Waals surface area contributed by atoms with Crippen LogP contribution in [0.25, 0.3) is 0 Å². The highest BCUT2D eigenvalue weighted by Crippen LogP contribution is 2.20. The van der Waals surface area contributed by atoms with Crippen LogP contribution in [0.3, 0.4) is 0 Å². The van der Waals surface area contributed by atoms with Gasteiger partial charge in [-0.05, 0) is 29.8 Å². The number of nitriles is 1. The molecule has 96 valence electrons. The Morgan fingerprint density at radius 1 is 1.05 bits per heavy atom. The highest BCUT2D eigenvalue weighted by Gasteiger charge is 2.09. The van der Waals surface area contributed by atoms with Crippen LogP contribution >= 0.6 is 11.6 Å². The molecule has 0 saturated carbocycles. The molecule has 0 aliphatic rings. The number of benzene rings is 2. The summed E-state index contributed by atoms with van der Waals surface area (Å²) in [4.78, 5) is 0. The van der Waals surface area contributed by atoms with Gasteiger partial charge >= 0.3 is 0 Å². The lowest BCUT2D eigenvalue weighted by molar-refractivity contribution is 0.306. The maximum absolute atomic E-state index is 9.19. The molecular weight excluding hydrogens is 258 g/mol. The molecule has 0 aromatic heterocycles. The quantitative estimate of drug-likeness (QED) is 0.807. The Hall–Kier alpha value is -1.98. The van der Waals surface area contributed by atoms with Crippen LogP contribution in [0.1, 0.15) is 17.9 Å². The van der Waals surface area contributed by atoms with E-state index in [9.17, 15) is 5.26 Å². The predicted molar refractivity (Wildman–Crippen MR) is 76.4 cm³/mol. The van der Waals surface area contributed by atoms with Crippen molar-refractivity contribution >= 4 is 11.6 Å². The Kier molecular flexibility index (Phi) is 4.83. The molecule has 0 N–H and O–H groups in total. The molecule has 0 fully saturated rings. The molecule has 0 aliphatic heterocycles. The first-order valence-corrected chi connectivity index (χ1v) is 6.50. The van der Waals surface area contributed by atoms with Crippen molar-refractivity contribution in [3.63, 3.8) is 0 Å². The third-order valence-electron chi connectivity index (χ3n) is 2.85. The zero-order valence-corrected chi connectivity index (χ0v) is 11.2. The molecule has 2 aromatic rings. The maximum atomic E-state index is 9.19. The van der Waals surface area contributed by atoms with Crippen LogP contribution in [0.2, 0.25) is 5.02 Å². The number of ether oxygens (including phenoxy) is 1. The molecule has 0 saturated heterocycles. The van der Waals surface area contributed by atoms with Crippen molar-refractivity contribution in [1.82, 2.24) is 0 Å².